The highest BCUT2D eigenvalue weighted by Crippen LogP contribution is 2.26. The molecule has 6 heteroatoms. The van der Waals surface area contributed by atoms with E-state index in [1.165, 1.54) is 6.42 Å². The van der Waals surface area contributed by atoms with Crippen molar-refractivity contribution in [1.29, 1.82) is 0 Å². The van der Waals surface area contributed by atoms with Gasteiger partial charge in [-0.2, -0.15) is 0 Å². The molecule has 1 atom stereocenters. The molecule has 0 amide bonds. The van der Waals surface area contributed by atoms with Gasteiger partial charge in [0.25, 0.3) is 0 Å². The summed E-state index contributed by atoms with van der Waals surface area (Å²) in [4.78, 5) is 13.0. The number of ether oxygens (including phenoxy) is 1. The van der Waals surface area contributed by atoms with E-state index in [9.17, 15) is 0 Å². The molecular formula is C11H13IN4O. The number of aromatic nitrogens is 4. The average molecular weight is 344 g/mol. The van der Waals surface area contributed by atoms with E-state index in [1.54, 1.807) is 6.33 Å². The molecule has 0 aromatic carbocycles. The van der Waals surface area contributed by atoms with Crippen molar-refractivity contribution in [1.82, 2.24) is 19.5 Å². The average Bonchev–Trinajstić information content (AvgIpc) is 2.83. The first-order valence-electron chi connectivity index (χ1n) is 5.74. The fourth-order valence-electron chi connectivity index (χ4n) is 2.15. The third-order valence-electron chi connectivity index (χ3n) is 3.03. The number of hydrogen-bond acceptors (Lipinski definition) is 4. The molecule has 1 saturated heterocycles. The standard InChI is InChI=1S/C11H13IN4O/c12-5-8-10-11(14-6-13-8)16(7-15-10)9-3-1-2-4-17-9/h6-7,9H,1-5H2. The third kappa shape index (κ3) is 2.03. The zero-order chi connectivity index (χ0) is 11.7. The summed E-state index contributed by atoms with van der Waals surface area (Å²) in [5, 5.41) is 0. The van der Waals surface area contributed by atoms with Gasteiger partial charge in [-0.3, -0.25) is 4.57 Å². The maximum absolute atomic E-state index is 5.76. The topological polar surface area (TPSA) is 52.8 Å². The minimum atomic E-state index is 0.0886. The molecule has 3 heterocycles. The monoisotopic (exact) mass is 344 g/mol. The van der Waals surface area contributed by atoms with E-state index in [0.29, 0.717) is 0 Å². The van der Waals surface area contributed by atoms with Crippen LogP contribution in [0.4, 0.5) is 0 Å². The highest BCUT2D eigenvalue weighted by Gasteiger charge is 2.19. The van der Waals surface area contributed by atoms with Gasteiger partial charge in [0.05, 0.1) is 12.0 Å². The summed E-state index contributed by atoms with van der Waals surface area (Å²) < 4.78 is 8.64. The lowest BCUT2D eigenvalue weighted by molar-refractivity contribution is -0.0298. The fourth-order valence-corrected chi connectivity index (χ4v) is 2.71. The van der Waals surface area contributed by atoms with Gasteiger partial charge < -0.3 is 4.74 Å². The molecule has 0 aliphatic carbocycles. The maximum atomic E-state index is 5.76. The Kier molecular flexibility index (Phi) is 3.24. The Hall–Kier alpha value is -0.760. The Balaban J connectivity index is 2.05. The van der Waals surface area contributed by atoms with Gasteiger partial charge in [-0.1, -0.05) is 22.6 Å². The summed E-state index contributed by atoms with van der Waals surface area (Å²) in [6.07, 6.45) is 6.91. The van der Waals surface area contributed by atoms with Crippen molar-refractivity contribution in [2.24, 2.45) is 0 Å². The van der Waals surface area contributed by atoms with Crippen LogP contribution < -0.4 is 0 Å². The molecule has 0 saturated carbocycles. The Bertz CT molecular complexity index is 521. The first-order chi connectivity index (χ1) is 8.40. The first kappa shape index (κ1) is 11.3. The van der Waals surface area contributed by atoms with Crippen LogP contribution in [-0.4, -0.2) is 26.1 Å². The van der Waals surface area contributed by atoms with Crippen molar-refractivity contribution in [3.63, 3.8) is 0 Å². The number of hydrogen-bond donors (Lipinski definition) is 0. The van der Waals surface area contributed by atoms with Crippen molar-refractivity contribution in [3.05, 3.63) is 18.3 Å². The quantitative estimate of drug-likeness (QED) is 0.620. The van der Waals surface area contributed by atoms with Crippen molar-refractivity contribution in [2.75, 3.05) is 6.61 Å². The second kappa shape index (κ2) is 4.85. The van der Waals surface area contributed by atoms with Crippen LogP contribution in [0, 0.1) is 0 Å². The van der Waals surface area contributed by atoms with Gasteiger partial charge in [0.1, 0.15) is 18.1 Å². The summed E-state index contributed by atoms with van der Waals surface area (Å²) in [5.74, 6) is 0. The molecule has 1 fully saturated rings. The predicted molar refractivity (Wildman–Crippen MR) is 71.9 cm³/mol. The molecular weight excluding hydrogens is 331 g/mol. The highest BCUT2D eigenvalue weighted by molar-refractivity contribution is 14.1. The van der Waals surface area contributed by atoms with Crippen LogP contribution in [0.1, 0.15) is 31.2 Å². The van der Waals surface area contributed by atoms with E-state index < -0.39 is 0 Å². The molecule has 2 aromatic heterocycles. The second-order valence-electron chi connectivity index (χ2n) is 4.10. The van der Waals surface area contributed by atoms with Gasteiger partial charge in [0.2, 0.25) is 0 Å². The molecule has 17 heavy (non-hydrogen) atoms. The SMILES string of the molecule is ICc1ncnc2c1ncn2C1CCCCO1. The summed E-state index contributed by atoms with van der Waals surface area (Å²) in [5.41, 5.74) is 2.78. The number of halogens is 1. The van der Waals surface area contributed by atoms with Gasteiger partial charge in [-0.25, -0.2) is 15.0 Å². The van der Waals surface area contributed by atoms with Crippen molar-refractivity contribution >= 4 is 33.8 Å². The van der Waals surface area contributed by atoms with Crippen LogP contribution in [0.15, 0.2) is 12.7 Å². The second-order valence-corrected chi connectivity index (χ2v) is 4.86. The number of fused-ring (bicyclic) bond motifs is 1. The van der Waals surface area contributed by atoms with E-state index in [4.69, 9.17) is 4.74 Å². The summed E-state index contributed by atoms with van der Waals surface area (Å²) in [7, 11) is 0. The number of imidazole rings is 1. The Labute approximate surface area is 113 Å². The van der Waals surface area contributed by atoms with Crippen LogP contribution in [0.2, 0.25) is 0 Å². The van der Waals surface area contributed by atoms with Crippen LogP contribution in [0.25, 0.3) is 11.2 Å². The number of alkyl halides is 1. The molecule has 0 bridgehead atoms. The van der Waals surface area contributed by atoms with Crippen LogP contribution in [-0.2, 0) is 9.16 Å². The smallest absolute Gasteiger partial charge is 0.165 e. The Morgan fingerprint density at radius 3 is 3.06 bits per heavy atom. The summed E-state index contributed by atoms with van der Waals surface area (Å²) in [6.45, 7) is 0.828. The summed E-state index contributed by atoms with van der Waals surface area (Å²) >= 11 is 2.29. The molecule has 5 nitrogen and oxygen atoms in total. The maximum Gasteiger partial charge on any atom is 0.165 e. The molecule has 0 N–H and O–H groups in total. The van der Waals surface area contributed by atoms with Crippen LogP contribution in [0.3, 0.4) is 0 Å². The molecule has 2 aromatic rings. The number of rotatable bonds is 2. The number of nitrogens with zero attached hydrogens (tertiary/aromatic N) is 4. The Morgan fingerprint density at radius 1 is 1.35 bits per heavy atom. The van der Waals surface area contributed by atoms with Gasteiger partial charge in [-0.05, 0) is 19.3 Å². The molecule has 0 radical (unpaired) electrons. The van der Waals surface area contributed by atoms with Crippen LogP contribution >= 0.6 is 22.6 Å². The zero-order valence-corrected chi connectivity index (χ0v) is 11.5. The van der Waals surface area contributed by atoms with E-state index in [1.807, 2.05) is 10.9 Å². The largest absolute Gasteiger partial charge is 0.358 e. The fraction of sp³-hybridized carbons (Fsp3) is 0.545. The lowest BCUT2D eigenvalue weighted by Crippen LogP contribution is -2.17. The van der Waals surface area contributed by atoms with Crippen molar-refractivity contribution < 1.29 is 4.74 Å². The van der Waals surface area contributed by atoms with Gasteiger partial charge >= 0.3 is 0 Å². The molecule has 3 rings (SSSR count). The van der Waals surface area contributed by atoms with Gasteiger partial charge in [0.15, 0.2) is 5.65 Å². The van der Waals surface area contributed by atoms with Crippen LogP contribution in [0.5, 0.6) is 0 Å². The van der Waals surface area contributed by atoms with E-state index in [-0.39, 0.29) is 6.23 Å². The Morgan fingerprint density at radius 2 is 2.29 bits per heavy atom. The predicted octanol–water partition coefficient (Wildman–Crippen LogP) is 2.46. The normalized spacial score (nSPS) is 20.9. The lowest BCUT2D eigenvalue weighted by atomic mass is 10.2. The van der Waals surface area contributed by atoms with E-state index in [0.717, 1.165) is 40.7 Å². The van der Waals surface area contributed by atoms with Crippen molar-refractivity contribution in [3.8, 4) is 0 Å². The molecule has 1 aliphatic heterocycles. The van der Waals surface area contributed by atoms with Gasteiger partial charge in [0, 0.05) is 11.0 Å². The minimum Gasteiger partial charge on any atom is -0.358 e. The third-order valence-corrected chi connectivity index (χ3v) is 3.75. The minimum absolute atomic E-state index is 0.0886. The zero-order valence-electron chi connectivity index (χ0n) is 9.34. The lowest BCUT2D eigenvalue weighted by Gasteiger charge is -2.23. The van der Waals surface area contributed by atoms with Crippen molar-refractivity contribution in [2.45, 2.75) is 29.9 Å². The molecule has 1 unspecified atom stereocenters. The first-order valence-corrected chi connectivity index (χ1v) is 7.26. The molecule has 90 valence electrons. The van der Waals surface area contributed by atoms with Gasteiger partial charge in [-0.15, -0.1) is 0 Å². The van der Waals surface area contributed by atoms with E-state index in [2.05, 4.69) is 37.5 Å². The molecule has 1 aliphatic rings. The van der Waals surface area contributed by atoms with E-state index >= 15 is 0 Å². The highest BCUT2D eigenvalue weighted by atomic mass is 127. The summed E-state index contributed by atoms with van der Waals surface area (Å²) in [6, 6.07) is 0. The molecule has 0 spiro atoms.